The first-order valence-electron chi connectivity index (χ1n) is 7.68. The van der Waals surface area contributed by atoms with E-state index in [9.17, 15) is 0 Å². The highest BCUT2D eigenvalue weighted by Crippen LogP contribution is 2.44. The van der Waals surface area contributed by atoms with Crippen LogP contribution >= 0.6 is 15.9 Å². The third-order valence-corrected chi connectivity index (χ3v) is 5.00. The summed E-state index contributed by atoms with van der Waals surface area (Å²) in [5.41, 5.74) is 1.13. The second-order valence-corrected chi connectivity index (χ2v) is 6.41. The van der Waals surface area contributed by atoms with Crippen molar-refractivity contribution in [1.29, 1.82) is 0 Å². The van der Waals surface area contributed by atoms with Crippen molar-refractivity contribution in [1.82, 2.24) is 15.1 Å². The predicted octanol–water partition coefficient (Wildman–Crippen LogP) is 3.67. The minimum Gasteiger partial charge on any atom is -0.376 e. The molecule has 1 aliphatic rings. The molecular formula is C15H26BrN3O. The van der Waals surface area contributed by atoms with Crippen LogP contribution < -0.4 is 5.32 Å². The van der Waals surface area contributed by atoms with Gasteiger partial charge in [-0.1, -0.05) is 19.8 Å². The number of nitrogens with zero attached hydrogens (tertiary/aromatic N) is 2. The third-order valence-electron chi connectivity index (χ3n) is 4.39. The minimum absolute atomic E-state index is 0.0926. The van der Waals surface area contributed by atoms with E-state index in [1.54, 1.807) is 0 Å². The number of hydrogen-bond acceptors (Lipinski definition) is 3. The van der Waals surface area contributed by atoms with Gasteiger partial charge in [-0.05, 0) is 48.7 Å². The van der Waals surface area contributed by atoms with Crippen LogP contribution in [0.4, 0.5) is 0 Å². The second-order valence-electron chi connectivity index (χ2n) is 5.56. The first-order valence-corrected chi connectivity index (χ1v) is 8.47. The van der Waals surface area contributed by atoms with Crippen molar-refractivity contribution in [2.24, 2.45) is 0 Å². The van der Waals surface area contributed by atoms with E-state index in [-0.39, 0.29) is 11.6 Å². The van der Waals surface area contributed by atoms with Gasteiger partial charge in [0.05, 0.1) is 28.0 Å². The molecule has 1 aliphatic carbocycles. The van der Waals surface area contributed by atoms with Crippen LogP contribution in [0.25, 0.3) is 0 Å². The lowest BCUT2D eigenvalue weighted by Crippen LogP contribution is -2.45. The number of halogens is 1. The molecule has 0 bridgehead atoms. The van der Waals surface area contributed by atoms with Crippen LogP contribution in [0.5, 0.6) is 0 Å². The van der Waals surface area contributed by atoms with Gasteiger partial charge in [-0.15, -0.1) is 0 Å². The summed E-state index contributed by atoms with van der Waals surface area (Å²) in [5.74, 6) is 0. The van der Waals surface area contributed by atoms with E-state index in [4.69, 9.17) is 4.74 Å². The van der Waals surface area contributed by atoms with Crippen molar-refractivity contribution >= 4 is 15.9 Å². The summed E-state index contributed by atoms with van der Waals surface area (Å²) < 4.78 is 9.17. The maximum absolute atomic E-state index is 6.01. The third kappa shape index (κ3) is 2.95. The Kier molecular flexibility index (Phi) is 5.64. The fourth-order valence-electron chi connectivity index (χ4n) is 3.32. The molecule has 1 aromatic rings. The van der Waals surface area contributed by atoms with E-state index < -0.39 is 0 Å². The molecule has 114 valence electrons. The molecule has 20 heavy (non-hydrogen) atoms. The zero-order valence-electron chi connectivity index (χ0n) is 12.8. The largest absolute Gasteiger partial charge is 0.376 e. The molecule has 0 aromatic carbocycles. The van der Waals surface area contributed by atoms with E-state index in [2.05, 4.69) is 44.9 Å². The lowest BCUT2D eigenvalue weighted by Gasteiger charge is -2.37. The Morgan fingerprint density at radius 1 is 1.45 bits per heavy atom. The van der Waals surface area contributed by atoms with E-state index in [0.717, 1.165) is 36.8 Å². The zero-order chi connectivity index (χ0) is 14.6. The Bertz CT molecular complexity index is 427. The number of ether oxygens (including phenoxy) is 1. The first kappa shape index (κ1) is 16.0. The number of nitrogens with one attached hydrogen (secondary N) is 1. The van der Waals surface area contributed by atoms with E-state index in [1.807, 2.05) is 13.3 Å². The fraction of sp³-hybridized carbons (Fsp3) is 0.800. The van der Waals surface area contributed by atoms with Gasteiger partial charge in [-0.2, -0.15) is 5.10 Å². The Morgan fingerprint density at radius 3 is 2.70 bits per heavy atom. The molecule has 1 fully saturated rings. The molecule has 0 spiro atoms. The van der Waals surface area contributed by atoms with Crippen LogP contribution in [0.2, 0.25) is 0 Å². The van der Waals surface area contributed by atoms with Crippen molar-refractivity contribution in [3.63, 3.8) is 0 Å². The molecule has 1 aromatic heterocycles. The Morgan fingerprint density at radius 2 is 2.15 bits per heavy atom. The summed E-state index contributed by atoms with van der Waals surface area (Å²) in [4.78, 5) is 0. The molecule has 0 amide bonds. The monoisotopic (exact) mass is 343 g/mol. The van der Waals surface area contributed by atoms with E-state index in [0.29, 0.717) is 0 Å². The van der Waals surface area contributed by atoms with E-state index >= 15 is 0 Å². The summed E-state index contributed by atoms with van der Waals surface area (Å²) in [5, 5.41) is 8.18. The average Bonchev–Trinajstić information content (AvgIpc) is 3.08. The van der Waals surface area contributed by atoms with Gasteiger partial charge in [0.15, 0.2) is 0 Å². The molecular weight excluding hydrogens is 318 g/mol. The van der Waals surface area contributed by atoms with Crippen LogP contribution in [0.1, 0.15) is 57.7 Å². The van der Waals surface area contributed by atoms with Gasteiger partial charge in [0.1, 0.15) is 0 Å². The van der Waals surface area contributed by atoms with Crippen LogP contribution in [-0.4, -0.2) is 29.0 Å². The first-order chi connectivity index (χ1) is 9.68. The van der Waals surface area contributed by atoms with Gasteiger partial charge in [-0.3, -0.25) is 4.68 Å². The van der Waals surface area contributed by atoms with Crippen molar-refractivity contribution in [2.75, 3.05) is 13.7 Å². The standard InChI is InChI=1S/C15H26BrN3O/c1-4-10-17-14(15(20-3)8-6-7-9-15)13-12(16)11-18-19(13)5-2/h11,14,17H,4-10H2,1-3H3. The van der Waals surface area contributed by atoms with Gasteiger partial charge < -0.3 is 10.1 Å². The molecule has 1 heterocycles. The van der Waals surface area contributed by atoms with E-state index in [1.165, 1.54) is 18.5 Å². The maximum atomic E-state index is 6.01. The molecule has 0 aliphatic heterocycles. The van der Waals surface area contributed by atoms with Crippen LogP contribution in [0, 0.1) is 0 Å². The Balaban J connectivity index is 2.38. The number of aromatic nitrogens is 2. The van der Waals surface area contributed by atoms with Crippen molar-refractivity contribution < 1.29 is 4.74 Å². The Labute approximate surface area is 130 Å². The minimum atomic E-state index is -0.0926. The smallest absolute Gasteiger partial charge is 0.0888 e. The quantitative estimate of drug-likeness (QED) is 0.820. The normalized spacial score (nSPS) is 19.4. The molecule has 0 saturated heterocycles. The summed E-state index contributed by atoms with van der Waals surface area (Å²) in [6, 6.07) is 0.201. The second kappa shape index (κ2) is 7.05. The summed E-state index contributed by atoms with van der Waals surface area (Å²) >= 11 is 3.67. The number of rotatable bonds is 7. The molecule has 1 saturated carbocycles. The van der Waals surface area contributed by atoms with Gasteiger partial charge >= 0.3 is 0 Å². The Hall–Kier alpha value is -0.390. The zero-order valence-corrected chi connectivity index (χ0v) is 14.4. The number of methoxy groups -OCH3 is 1. The molecule has 0 radical (unpaired) electrons. The van der Waals surface area contributed by atoms with Gasteiger partial charge in [0.25, 0.3) is 0 Å². The SMILES string of the molecule is CCCNC(c1c(Br)cnn1CC)C1(OC)CCCC1. The molecule has 2 rings (SSSR count). The molecule has 1 atom stereocenters. The summed E-state index contributed by atoms with van der Waals surface area (Å²) in [6.07, 6.45) is 7.75. The summed E-state index contributed by atoms with van der Waals surface area (Å²) in [7, 11) is 1.85. The lowest BCUT2D eigenvalue weighted by molar-refractivity contribution is -0.0391. The maximum Gasteiger partial charge on any atom is 0.0888 e. The highest BCUT2D eigenvalue weighted by atomic mass is 79.9. The van der Waals surface area contributed by atoms with Crippen molar-refractivity contribution in [3.05, 3.63) is 16.4 Å². The summed E-state index contributed by atoms with van der Waals surface area (Å²) in [6.45, 7) is 6.21. The highest BCUT2D eigenvalue weighted by molar-refractivity contribution is 9.10. The lowest BCUT2D eigenvalue weighted by atomic mass is 9.89. The van der Waals surface area contributed by atoms with Gasteiger partial charge in [0.2, 0.25) is 0 Å². The predicted molar refractivity (Wildman–Crippen MR) is 84.8 cm³/mol. The van der Waals surface area contributed by atoms with Crippen LogP contribution in [0.3, 0.4) is 0 Å². The fourth-order valence-corrected chi connectivity index (χ4v) is 3.84. The molecule has 5 heteroatoms. The molecule has 4 nitrogen and oxygen atoms in total. The van der Waals surface area contributed by atoms with Crippen LogP contribution in [0.15, 0.2) is 10.7 Å². The van der Waals surface area contributed by atoms with Crippen LogP contribution in [-0.2, 0) is 11.3 Å². The molecule has 1 unspecified atom stereocenters. The number of aryl methyl sites for hydroxylation is 1. The van der Waals surface area contributed by atoms with Crippen molar-refractivity contribution in [3.8, 4) is 0 Å². The van der Waals surface area contributed by atoms with Crippen molar-refractivity contribution in [2.45, 2.75) is 64.1 Å². The average molecular weight is 344 g/mol. The number of hydrogen-bond donors (Lipinski definition) is 1. The van der Waals surface area contributed by atoms with Gasteiger partial charge in [-0.25, -0.2) is 0 Å². The molecule has 1 N–H and O–H groups in total. The topological polar surface area (TPSA) is 39.1 Å². The van der Waals surface area contributed by atoms with Gasteiger partial charge in [0, 0.05) is 13.7 Å². The highest BCUT2D eigenvalue weighted by Gasteiger charge is 2.44.